The van der Waals surface area contributed by atoms with Crippen LogP contribution < -0.4 is 5.32 Å². The minimum absolute atomic E-state index is 0.0282. The molecule has 1 aromatic rings. The minimum Gasteiger partial charge on any atom is -0.338 e. The van der Waals surface area contributed by atoms with E-state index in [1.807, 2.05) is 38.7 Å². The Bertz CT molecular complexity index is 564. The summed E-state index contributed by atoms with van der Waals surface area (Å²) >= 11 is 1.38. The van der Waals surface area contributed by atoms with Crippen molar-refractivity contribution in [1.29, 1.82) is 0 Å². The van der Waals surface area contributed by atoms with E-state index in [0.717, 1.165) is 41.4 Å². The zero-order valence-electron chi connectivity index (χ0n) is 14.2. The van der Waals surface area contributed by atoms with E-state index in [9.17, 15) is 9.59 Å². The van der Waals surface area contributed by atoms with Crippen LogP contribution in [0.2, 0.25) is 0 Å². The van der Waals surface area contributed by atoms with Gasteiger partial charge in [0.25, 0.3) is 5.91 Å². The molecule has 0 radical (unpaired) electrons. The molecule has 1 aromatic heterocycles. The van der Waals surface area contributed by atoms with Gasteiger partial charge in [0.1, 0.15) is 0 Å². The number of thiophene rings is 1. The summed E-state index contributed by atoms with van der Waals surface area (Å²) in [5.41, 5.74) is 0.503. The van der Waals surface area contributed by atoms with Gasteiger partial charge in [-0.25, -0.2) is 0 Å². The molecule has 5 heteroatoms. The zero-order valence-corrected chi connectivity index (χ0v) is 15.0. The molecule has 0 saturated carbocycles. The summed E-state index contributed by atoms with van der Waals surface area (Å²) in [4.78, 5) is 27.4. The van der Waals surface area contributed by atoms with Crippen LogP contribution in [0.4, 0.5) is 5.00 Å². The van der Waals surface area contributed by atoms with Gasteiger partial charge in [-0.2, -0.15) is 0 Å². The molecular weight excluding hydrogens is 296 g/mol. The summed E-state index contributed by atoms with van der Waals surface area (Å²) in [5.74, 6) is 0.778. The highest BCUT2D eigenvalue weighted by Crippen LogP contribution is 2.30. The van der Waals surface area contributed by atoms with E-state index in [1.165, 1.54) is 11.3 Å². The first-order valence-electron chi connectivity index (χ1n) is 7.89. The normalized spacial score (nSPS) is 16.7. The lowest BCUT2D eigenvalue weighted by Crippen LogP contribution is -2.37. The molecule has 2 rings (SSSR count). The topological polar surface area (TPSA) is 49.4 Å². The van der Waals surface area contributed by atoms with Gasteiger partial charge in [0.05, 0.1) is 9.88 Å². The van der Waals surface area contributed by atoms with Gasteiger partial charge in [0.2, 0.25) is 5.91 Å². The van der Waals surface area contributed by atoms with Crippen molar-refractivity contribution in [2.45, 2.75) is 47.5 Å². The lowest BCUT2D eigenvalue weighted by Gasteiger charge is -2.30. The Hall–Kier alpha value is -1.36. The second-order valence-corrected chi connectivity index (χ2v) is 8.35. The first-order valence-corrected chi connectivity index (χ1v) is 8.71. The molecule has 2 heterocycles. The van der Waals surface area contributed by atoms with Crippen molar-refractivity contribution in [2.75, 3.05) is 18.4 Å². The van der Waals surface area contributed by atoms with E-state index in [4.69, 9.17) is 0 Å². The van der Waals surface area contributed by atoms with Crippen LogP contribution in [0.5, 0.6) is 0 Å². The number of hydrogen-bond acceptors (Lipinski definition) is 3. The van der Waals surface area contributed by atoms with Crippen LogP contribution in [0.15, 0.2) is 6.07 Å². The van der Waals surface area contributed by atoms with Crippen LogP contribution >= 0.6 is 11.3 Å². The predicted molar refractivity (Wildman–Crippen MR) is 91.4 cm³/mol. The lowest BCUT2D eigenvalue weighted by molar-refractivity contribution is -0.123. The van der Waals surface area contributed by atoms with Gasteiger partial charge in [-0.1, -0.05) is 27.7 Å². The Kier molecular flexibility index (Phi) is 4.95. The summed E-state index contributed by atoms with van der Waals surface area (Å²) in [6.07, 6.45) is 2.15. The summed E-state index contributed by atoms with van der Waals surface area (Å²) in [6.45, 7) is 11.5. The van der Waals surface area contributed by atoms with Crippen LogP contribution in [0.1, 0.15) is 55.8 Å². The molecule has 1 aliphatic rings. The number of hydrogen-bond donors (Lipinski definition) is 1. The minimum atomic E-state index is -0.439. The molecule has 0 atom stereocenters. The van der Waals surface area contributed by atoms with Crippen LogP contribution in [0, 0.1) is 18.3 Å². The largest absolute Gasteiger partial charge is 0.338 e. The van der Waals surface area contributed by atoms with Crippen molar-refractivity contribution in [1.82, 2.24) is 4.90 Å². The predicted octanol–water partition coefficient (Wildman–Crippen LogP) is 3.91. The number of piperidine rings is 1. The summed E-state index contributed by atoms with van der Waals surface area (Å²) in [5, 5.41) is 3.67. The second kappa shape index (κ2) is 6.41. The maximum Gasteiger partial charge on any atom is 0.264 e. The quantitative estimate of drug-likeness (QED) is 0.897. The van der Waals surface area contributed by atoms with Crippen molar-refractivity contribution >= 4 is 28.2 Å². The van der Waals surface area contributed by atoms with Gasteiger partial charge in [0.15, 0.2) is 0 Å². The number of likely N-dealkylation sites (tertiary alicyclic amines) is 1. The number of aryl methyl sites for hydroxylation is 1. The molecule has 4 nitrogen and oxygen atoms in total. The van der Waals surface area contributed by atoms with Crippen LogP contribution in [0.3, 0.4) is 0 Å². The molecule has 1 fully saturated rings. The molecule has 1 saturated heterocycles. The maximum absolute atomic E-state index is 12.6. The highest BCUT2D eigenvalue weighted by atomic mass is 32.1. The van der Waals surface area contributed by atoms with Crippen molar-refractivity contribution in [3.05, 3.63) is 16.5 Å². The molecule has 1 N–H and O–H groups in total. The van der Waals surface area contributed by atoms with Crippen molar-refractivity contribution in [2.24, 2.45) is 11.3 Å². The van der Waals surface area contributed by atoms with Gasteiger partial charge in [-0.15, -0.1) is 11.3 Å². The second-order valence-electron chi connectivity index (χ2n) is 7.30. The summed E-state index contributed by atoms with van der Waals surface area (Å²) in [6, 6.07) is 1.90. The van der Waals surface area contributed by atoms with Gasteiger partial charge in [-0.3, -0.25) is 9.59 Å². The molecule has 0 aliphatic carbocycles. The van der Waals surface area contributed by atoms with Gasteiger partial charge in [-0.05, 0) is 37.3 Å². The first-order chi connectivity index (χ1) is 10.2. The molecule has 122 valence electrons. The number of nitrogens with zero attached hydrogens (tertiary/aromatic N) is 1. The van der Waals surface area contributed by atoms with Crippen molar-refractivity contribution in [3.8, 4) is 0 Å². The average molecular weight is 322 g/mol. The SMILES string of the molecule is Cc1cc(NC(=O)C(C)(C)C)sc1C(=O)N1CCC(C)CC1. The van der Waals surface area contributed by atoms with E-state index in [-0.39, 0.29) is 11.8 Å². The fraction of sp³-hybridized carbons (Fsp3) is 0.647. The monoisotopic (exact) mass is 322 g/mol. The number of anilines is 1. The molecule has 0 bridgehead atoms. The van der Waals surface area contributed by atoms with E-state index < -0.39 is 5.41 Å². The lowest BCUT2D eigenvalue weighted by atomic mass is 9.96. The summed E-state index contributed by atoms with van der Waals surface area (Å²) < 4.78 is 0. The highest BCUT2D eigenvalue weighted by molar-refractivity contribution is 7.18. The smallest absolute Gasteiger partial charge is 0.264 e. The number of carbonyl (C=O) groups excluding carboxylic acids is 2. The van der Waals surface area contributed by atoms with E-state index >= 15 is 0 Å². The van der Waals surface area contributed by atoms with Crippen LogP contribution in [-0.2, 0) is 4.79 Å². The van der Waals surface area contributed by atoms with Crippen molar-refractivity contribution < 1.29 is 9.59 Å². The Morgan fingerprint density at radius 3 is 2.41 bits per heavy atom. The van der Waals surface area contributed by atoms with E-state index in [1.54, 1.807) is 0 Å². The Labute approximate surface area is 136 Å². The first kappa shape index (κ1) is 17.0. The van der Waals surface area contributed by atoms with Crippen LogP contribution in [-0.4, -0.2) is 29.8 Å². The summed E-state index contributed by atoms with van der Waals surface area (Å²) in [7, 11) is 0. The third-order valence-corrected chi connectivity index (χ3v) is 5.24. The molecule has 22 heavy (non-hydrogen) atoms. The molecule has 0 spiro atoms. The standard InChI is InChI=1S/C17H26N2O2S/c1-11-6-8-19(9-7-11)15(20)14-12(2)10-13(22-14)18-16(21)17(3,4)5/h10-11H,6-9H2,1-5H3,(H,18,21). The van der Waals surface area contributed by atoms with E-state index in [2.05, 4.69) is 12.2 Å². The average Bonchev–Trinajstić information content (AvgIpc) is 2.78. The zero-order chi connectivity index (χ0) is 16.5. The third-order valence-electron chi connectivity index (χ3n) is 4.10. The molecular formula is C17H26N2O2S. The van der Waals surface area contributed by atoms with Gasteiger partial charge in [0, 0.05) is 18.5 Å². The van der Waals surface area contributed by atoms with Crippen molar-refractivity contribution in [3.63, 3.8) is 0 Å². The van der Waals surface area contributed by atoms with E-state index in [0.29, 0.717) is 5.92 Å². The number of nitrogens with one attached hydrogen (secondary N) is 1. The van der Waals surface area contributed by atoms with Gasteiger partial charge >= 0.3 is 0 Å². The molecule has 1 aliphatic heterocycles. The highest BCUT2D eigenvalue weighted by Gasteiger charge is 2.26. The number of carbonyl (C=O) groups is 2. The number of rotatable bonds is 2. The Morgan fingerprint density at radius 2 is 1.86 bits per heavy atom. The molecule has 2 amide bonds. The Balaban J connectivity index is 2.09. The van der Waals surface area contributed by atoms with Crippen LogP contribution in [0.25, 0.3) is 0 Å². The molecule has 0 aromatic carbocycles. The maximum atomic E-state index is 12.6. The fourth-order valence-corrected chi connectivity index (χ4v) is 3.45. The van der Waals surface area contributed by atoms with Gasteiger partial charge < -0.3 is 10.2 Å². The molecule has 0 unspecified atom stereocenters. The fourth-order valence-electron chi connectivity index (χ4n) is 2.41. The number of amides is 2. The Morgan fingerprint density at radius 1 is 1.27 bits per heavy atom. The third kappa shape index (κ3) is 3.88.